The summed E-state index contributed by atoms with van der Waals surface area (Å²) >= 11 is 0. The Kier molecular flexibility index (Phi) is 9.54. The summed E-state index contributed by atoms with van der Waals surface area (Å²) in [4.78, 5) is 62.5. The molecule has 1 aromatic rings. The van der Waals surface area contributed by atoms with Gasteiger partial charge in [-0.3, -0.25) is 19.2 Å². The van der Waals surface area contributed by atoms with Crippen LogP contribution in [0.1, 0.15) is 31.7 Å². The summed E-state index contributed by atoms with van der Waals surface area (Å²) < 4.78 is 0. The van der Waals surface area contributed by atoms with Crippen molar-refractivity contribution in [1.82, 2.24) is 15.5 Å². The minimum absolute atomic E-state index is 0.00603. The van der Waals surface area contributed by atoms with Gasteiger partial charge in [0.2, 0.25) is 23.6 Å². The highest BCUT2D eigenvalue weighted by Gasteiger charge is 2.39. The van der Waals surface area contributed by atoms with Crippen molar-refractivity contribution in [3.63, 3.8) is 0 Å². The first-order valence-electron chi connectivity index (χ1n) is 11.0. The van der Waals surface area contributed by atoms with Crippen LogP contribution >= 0.6 is 0 Å². The average Bonchev–Trinajstić information content (AvgIpc) is 3.26. The van der Waals surface area contributed by atoms with Crippen LogP contribution in [0.3, 0.4) is 0 Å². The maximum Gasteiger partial charge on any atom is 0.328 e. The Labute approximate surface area is 201 Å². The lowest BCUT2D eigenvalue weighted by Crippen LogP contribution is -2.58. The normalized spacial score (nSPS) is 18.7. The number of phenolic OH excluding ortho intramolecular Hbond substituents is 1. The number of primary amides is 1. The van der Waals surface area contributed by atoms with E-state index in [2.05, 4.69) is 10.6 Å². The minimum Gasteiger partial charge on any atom is -0.508 e. The fraction of sp³-hybridized carbons (Fsp3) is 0.500. The van der Waals surface area contributed by atoms with Crippen LogP contribution in [-0.2, 0) is 30.4 Å². The number of aliphatic hydroxyl groups is 1. The Bertz CT molecular complexity index is 952. The average molecular weight is 494 g/mol. The number of rotatable bonds is 11. The van der Waals surface area contributed by atoms with Gasteiger partial charge in [-0.25, -0.2) is 4.79 Å². The van der Waals surface area contributed by atoms with Gasteiger partial charge >= 0.3 is 5.97 Å². The van der Waals surface area contributed by atoms with E-state index in [9.17, 15) is 39.3 Å². The van der Waals surface area contributed by atoms with Gasteiger partial charge < -0.3 is 42.3 Å². The molecule has 0 aliphatic carbocycles. The van der Waals surface area contributed by atoms with Crippen LogP contribution in [-0.4, -0.2) is 86.6 Å². The molecular formula is C22H31N5O8. The Morgan fingerprint density at radius 2 is 1.77 bits per heavy atom. The van der Waals surface area contributed by atoms with E-state index in [4.69, 9.17) is 11.5 Å². The SMILES string of the molecule is CC(O)C(NC(=O)C1CCCN1C(=O)C(Cc1ccc(O)cc1)NC(=O)C(N)CC(N)=O)C(=O)O. The number of nitrogens with zero attached hydrogens (tertiary/aromatic N) is 1. The van der Waals surface area contributed by atoms with Gasteiger partial charge in [-0.2, -0.15) is 0 Å². The first-order valence-corrected chi connectivity index (χ1v) is 11.0. The molecule has 1 saturated heterocycles. The van der Waals surface area contributed by atoms with Crippen LogP contribution in [0.25, 0.3) is 0 Å². The standard InChI is InChI=1S/C22H31N5O8/c1-11(28)18(22(34)35)26-20(32)16-3-2-8-27(16)21(33)15(9-12-4-6-13(29)7-5-12)25-19(31)14(23)10-17(24)30/h4-7,11,14-16,18,28-29H,2-3,8-10,23H2,1H3,(H2,24,30)(H,25,31)(H,26,32)(H,34,35). The number of nitrogens with one attached hydrogen (secondary N) is 2. The van der Waals surface area contributed by atoms with Crippen LogP contribution in [0.15, 0.2) is 24.3 Å². The number of phenols is 1. The summed E-state index contributed by atoms with van der Waals surface area (Å²) in [7, 11) is 0. The molecule has 1 aliphatic heterocycles. The zero-order chi connectivity index (χ0) is 26.3. The number of hydrogen-bond donors (Lipinski definition) is 7. The van der Waals surface area contributed by atoms with E-state index in [1.165, 1.54) is 24.0 Å². The monoisotopic (exact) mass is 493 g/mol. The van der Waals surface area contributed by atoms with E-state index < -0.39 is 66.3 Å². The van der Waals surface area contributed by atoms with Crippen molar-refractivity contribution < 1.29 is 39.3 Å². The summed E-state index contributed by atoms with van der Waals surface area (Å²) in [5.74, 6) is -4.36. The number of carboxylic acids is 1. The summed E-state index contributed by atoms with van der Waals surface area (Å²) in [6.45, 7) is 1.40. The summed E-state index contributed by atoms with van der Waals surface area (Å²) in [5, 5.41) is 33.1. The van der Waals surface area contributed by atoms with Gasteiger partial charge in [0, 0.05) is 13.0 Å². The van der Waals surface area contributed by atoms with Crippen LogP contribution < -0.4 is 22.1 Å². The smallest absolute Gasteiger partial charge is 0.328 e. The first kappa shape index (κ1) is 27.5. The number of nitrogens with two attached hydrogens (primary N) is 2. The number of carboxylic acid groups (broad SMARTS) is 1. The number of benzene rings is 1. The zero-order valence-electron chi connectivity index (χ0n) is 19.2. The number of aliphatic carboxylic acids is 1. The summed E-state index contributed by atoms with van der Waals surface area (Å²) in [6, 6.07) is 0.894. The molecule has 1 heterocycles. The third-order valence-electron chi connectivity index (χ3n) is 5.63. The second-order valence-electron chi connectivity index (χ2n) is 8.46. The van der Waals surface area contributed by atoms with Crippen molar-refractivity contribution in [2.45, 2.75) is 62.9 Å². The largest absolute Gasteiger partial charge is 0.508 e. The van der Waals surface area contributed by atoms with E-state index in [0.29, 0.717) is 12.0 Å². The lowest BCUT2D eigenvalue weighted by atomic mass is 10.0. The highest BCUT2D eigenvalue weighted by atomic mass is 16.4. The van der Waals surface area contributed by atoms with Crippen LogP contribution in [0.5, 0.6) is 5.75 Å². The number of amides is 4. The van der Waals surface area contributed by atoms with Crippen LogP contribution in [0.4, 0.5) is 0 Å². The number of likely N-dealkylation sites (tertiary alicyclic amines) is 1. The fourth-order valence-electron chi connectivity index (χ4n) is 3.80. The van der Waals surface area contributed by atoms with Gasteiger partial charge in [-0.15, -0.1) is 0 Å². The molecule has 0 saturated carbocycles. The lowest BCUT2D eigenvalue weighted by molar-refractivity contribution is -0.147. The lowest BCUT2D eigenvalue weighted by Gasteiger charge is -2.30. The van der Waals surface area contributed by atoms with Gasteiger partial charge in [0.1, 0.15) is 17.8 Å². The molecule has 1 aromatic carbocycles. The van der Waals surface area contributed by atoms with E-state index in [0.717, 1.165) is 0 Å². The molecule has 35 heavy (non-hydrogen) atoms. The molecule has 0 radical (unpaired) electrons. The highest BCUT2D eigenvalue weighted by molar-refractivity contribution is 5.95. The predicted molar refractivity (Wildman–Crippen MR) is 122 cm³/mol. The molecule has 13 nitrogen and oxygen atoms in total. The molecule has 0 spiro atoms. The summed E-state index contributed by atoms with van der Waals surface area (Å²) in [6.07, 6.45) is -1.10. The van der Waals surface area contributed by atoms with E-state index >= 15 is 0 Å². The zero-order valence-corrected chi connectivity index (χ0v) is 19.2. The van der Waals surface area contributed by atoms with Crippen molar-refractivity contribution in [1.29, 1.82) is 0 Å². The molecule has 192 valence electrons. The highest BCUT2D eigenvalue weighted by Crippen LogP contribution is 2.21. The summed E-state index contributed by atoms with van der Waals surface area (Å²) in [5.41, 5.74) is 11.4. The predicted octanol–water partition coefficient (Wildman–Crippen LogP) is -2.44. The second kappa shape index (κ2) is 12.1. The van der Waals surface area contributed by atoms with Crippen molar-refractivity contribution in [3.8, 4) is 5.75 Å². The number of carbonyl (C=O) groups excluding carboxylic acids is 4. The van der Waals surface area contributed by atoms with Crippen molar-refractivity contribution in [2.75, 3.05) is 6.54 Å². The molecule has 5 unspecified atom stereocenters. The Hall–Kier alpha value is -3.71. The number of hydrogen-bond acceptors (Lipinski definition) is 8. The third kappa shape index (κ3) is 7.65. The molecule has 5 atom stereocenters. The van der Waals surface area contributed by atoms with Crippen molar-refractivity contribution in [3.05, 3.63) is 29.8 Å². The van der Waals surface area contributed by atoms with E-state index in [1.54, 1.807) is 12.1 Å². The Morgan fingerprint density at radius 1 is 1.14 bits per heavy atom. The topological polar surface area (TPSA) is 225 Å². The molecule has 0 aromatic heterocycles. The third-order valence-corrected chi connectivity index (χ3v) is 5.63. The van der Waals surface area contributed by atoms with Gasteiger partial charge in [-0.05, 0) is 37.5 Å². The molecule has 9 N–H and O–H groups in total. The molecule has 2 rings (SSSR count). The first-order chi connectivity index (χ1) is 16.4. The van der Waals surface area contributed by atoms with Crippen LogP contribution in [0, 0.1) is 0 Å². The minimum atomic E-state index is -1.56. The molecule has 1 fully saturated rings. The Morgan fingerprint density at radius 3 is 2.31 bits per heavy atom. The molecule has 1 aliphatic rings. The van der Waals surface area contributed by atoms with E-state index in [-0.39, 0.29) is 25.1 Å². The number of aromatic hydroxyl groups is 1. The second-order valence-corrected chi connectivity index (χ2v) is 8.46. The van der Waals surface area contributed by atoms with Crippen molar-refractivity contribution >= 4 is 29.6 Å². The van der Waals surface area contributed by atoms with Gasteiger partial charge in [-0.1, -0.05) is 12.1 Å². The quantitative estimate of drug-likeness (QED) is 0.174. The van der Waals surface area contributed by atoms with Gasteiger partial charge in [0.15, 0.2) is 6.04 Å². The van der Waals surface area contributed by atoms with Gasteiger partial charge in [0.25, 0.3) is 0 Å². The molecular weight excluding hydrogens is 462 g/mol. The van der Waals surface area contributed by atoms with Crippen LogP contribution in [0.2, 0.25) is 0 Å². The van der Waals surface area contributed by atoms with Crippen molar-refractivity contribution in [2.24, 2.45) is 11.5 Å². The Balaban J connectivity index is 2.24. The molecule has 0 bridgehead atoms. The molecule has 4 amide bonds. The number of carbonyl (C=O) groups is 5. The number of aliphatic hydroxyl groups excluding tert-OH is 1. The maximum absolute atomic E-state index is 13.4. The maximum atomic E-state index is 13.4. The fourth-order valence-corrected chi connectivity index (χ4v) is 3.80. The van der Waals surface area contributed by atoms with E-state index in [1.807, 2.05) is 0 Å². The van der Waals surface area contributed by atoms with Gasteiger partial charge in [0.05, 0.1) is 18.6 Å². The molecule has 13 heteroatoms.